The molecule has 1 amide bonds. The number of hydrogen-bond donors (Lipinski definition) is 1. The minimum absolute atomic E-state index is 0.130. The Morgan fingerprint density at radius 3 is 2.82 bits per heavy atom. The minimum Gasteiger partial charge on any atom is -0.382 e. The summed E-state index contributed by atoms with van der Waals surface area (Å²) in [6.45, 7) is 4.79. The molecule has 0 aliphatic carbocycles. The van der Waals surface area contributed by atoms with Crippen molar-refractivity contribution in [2.75, 3.05) is 36.8 Å². The number of rotatable bonds is 1. The standard InChI is InChI=1S/C11H17N5O/c1-9(17)15-3-2-4-16(6-5-15)11-8-13-7-10(12)14-11/h7-8H,2-6H2,1H3,(H2,12,14). The van der Waals surface area contributed by atoms with Crippen LogP contribution in [0.25, 0.3) is 0 Å². The van der Waals surface area contributed by atoms with Gasteiger partial charge in [-0.2, -0.15) is 0 Å². The first-order valence-electron chi connectivity index (χ1n) is 5.75. The van der Waals surface area contributed by atoms with Crippen molar-refractivity contribution in [2.45, 2.75) is 13.3 Å². The summed E-state index contributed by atoms with van der Waals surface area (Å²) in [4.78, 5) is 23.6. The Labute approximate surface area is 100 Å². The molecular weight excluding hydrogens is 218 g/mol. The molecule has 0 radical (unpaired) electrons. The highest BCUT2D eigenvalue weighted by molar-refractivity contribution is 5.73. The molecule has 0 atom stereocenters. The molecular formula is C11H17N5O. The molecule has 6 nitrogen and oxygen atoms in total. The van der Waals surface area contributed by atoms with E-state index in [2.05, 4.69) is 14.9 Å². The second-order valence-corrected chi connectivity index (χ2v) is 4.15. The summed E-state index contributed by atoms with van der Waals surface area (Å²) in [5, 5.41) is 0. The zero-order valence-corrected chi connectivity index (χ0v) is 9.96. The average molecular weight is 235 g/mol. The molecule has 2 heterocycles. The van der Waals surface area contributed by atoms with E-state index in [9.17, 15) is 4.79 Å². The lowest BCUT2D eigenvalue weighted by Crippen LogP contribution is -2.33. The van der Waals surface area contributed by atoms with Crippen LogP contribution in [0.1, 0.15) is 13.3 Å². The molecule has 1 aliphatic rings. The minimum atomic E-state index is 0.130. The van der Waals surface area contributed by atoms with E-state index < -0.39 is 0 Å². The molecule has 2 N–H and O–H groups in total. The Kier molecular flexibility index (Phi) is 3.41. The van der Waals surface area contributed by atoms with Crippen LogP contribution in [-0.4, -0.2) is 47.0 Å². The van der Waals surface area contributed by atoms with Gasteiger partial charge in [0.15, 0.2) is 0 Å². The molecule has 92 valence electrons. The van der Waals surface area contributed by atoms with E-state index in [1.165, 1.54) is 6.20 Å². The Hall–Kier alpha value is -1.85. The maximum absolute atomic E-state index is 11.3. The third-order valence-corrected chi connectivity index (χ3v) is 2.91. The number of nitrogen functional groups attached to an aromatic ring is 1. The largest absolute Gasteiger partial charge is 0.382 e. The van der Waals surface area contributed by atoms with Crippen LogP contribution < -0.4 is 10.6 Å². The van der Waals surface area contributed by atoms with E-state index in [0.717, 1.165) is 38.4 Å². The Morgan fingerprint density at radius 2 is 2.12 bits per heavy atom. The molecule has 0 bridgehead atoms. The van der Waals surface area contributed by atoms with Crippen LogP contribution in [0.3, 0.4) is 0 Å². The first-order chi connectivity index (χ1) is 8.16. The van der Waals surface area contributed by atoms with Gasteiger partial charge in [-0.3, -0.25) is 9.78 Å². The van der Waals surface area contributed by atoms with Crippen molar-refractivity contribution >= 4 is 17.5 Å². The first-order valence-corrected chi connectivity index (χ1v) is 5.75. The highest BCUT2D eigenvalue weighted by Crippen LogP contribution is 2.13. The van der Waals surface area contributed by atoms with E-state index in [0.29, 0.717) is 5.82 Å². The predicted octanol–water partition coefficient (Wildman–Crippen LogP) is 0.117. The summed E-state index contributed by atoms with van der Waals surface area (Å²) in [6, 6.07) is 0. The second-order valence-electron chi connectivity index (χ2n) is 4.15. The van der Waals surface area contributed by atoms with Crippen LogP contribution in [0, 0.1) is 0 Å². The van der Waals surface area contributed by atoms with Gasteiger partial charge in [0.2, 0.25) is 5.91 Å². The number of aromatic nitrogens is 2. The molecule has 0 saturated carbocycles. The lowest BCUT2D eigenvalue weighted by atomic mass is 10.4. The SMILES string of the molecule is CC(=O)N1CCCN(c2cncc(N)n2)CC1. The fraction of sp³-hybridized carbons (Fsp3) is 0.545. The molecule has 6 heteroatoms. The molecule has 0 aromatic carbocycles. The van der Waals surface area contributed by atoms with Crippen molar-refractivity contribution in [2.24, 2.45) is 0 Å². The van der Waals surface area contributed by atoms with Crippen molar-refractivity contribution in [3.05, 3.63) is 12.4 Å². The highest BCUT2D eigenvalue weighted by Gasteiger charge is 2.17. The van der Waals surface area contributed by atoms with E-state index in [-0.39, 0.29) is 5.91 Å². The highest BCUT2D eigenvalue weighted by atomic mass is 16.2. The van der Waals surface area contributed by atoms with Gasteiger partial charge < -0.3 is 15.5 Å². The number of carbonyl (C=O) groups is 1. The number of anilines is 2. The van der Waals surface area contributed by atoms with Gasteiger partial charge in [-0.25, -0.2) is 4.98 Å². The first kappa shape index (κ1) is 11.6. The summed E-state index contributed by atoms with van der Waals surface area (Å²) in [7, 11) is 0. The van der Waals surface area contributed by atoms with Gasteiger partial charge in [0.05, 0.1) is 12.4 Å². The van der Waals surface area contributed by atoms with E-state index in [4.69, 9.17) is 5.73 Å². The van der Waals surface area contributed by atoms with Crippen LogP contribution in [-0.2, 0) is 4.79 Å². The van der Waals surface area contributed by atoms with Gasteiger partial charge in [-0.15, -0.1) is 0 Å². The van der Waals surface area contributed by atoms with Gasteiger partial charge in [0.1, 0.15) is 11.6 Å². The molecule has 1 aromatic heterocycles. The molecule has 1 aromatic rings. The van der Waals surface area contributed by atoms with Crippen LogP contribution in [0.5, 0.6) is 0 Å². The quantitative estimate of drug-likeness (QED) is 0.748. The fourth-order valence-corrected chi connectivity index (χ4v) is 1.98. The maximum atomic E-state index is 11.3. The topological polar surface area (TPSA) is 75.4 Å². The number of amides is 1. The van der Waals surface area contributed by atoms with Crippen molar-refractivity contribution in [1.29, 1.82) is 0 Å². The Balaban J connectivity index is 2.06. The van der Waals surface area contributed by atoms with Crippen molar-refractivity contribution in [1.82, 2.24) is 14.9 Å². The number of nitrogens with two attached hydrogens (primary N) is 1. The van der Waals surface area contributed by atoms with Crippen LogP contribution >= 0.6 is 0 Å². The van der Waals surface area contributed by atoms with E-state index in [1.54, 1.807) is 13.1 Å². The molecule has 17 heavy (non-hydrogen) atoms. The zero-order chi connectivity index (χ0) is 12.3. The van der Waals surface area contributed by atoms with Crippen molar-refractivity contribution in [3.8, 4) is 0 Å². The van der Waals surface area contributed by atoms with Gasteiger partial charge in [-0.05, 0) is 6.42 Å². The summed E-state index contributed by atoms with van der Waals surface area (Å²) in [5.74, 6) is 1.34. The summed E-state index contributed by atoms with van der Waals surface area (Å²) in [5.41, 5.74) is 5.62. The summed E-state index contributed by atoms with van der Waals surface area (Å²) >= 11 is 0. The third kappa shape index (κ3) is 2.83. The van der Waals surface area contributed by atoms with Crippen LogP contribution in [0.2, 0.25) is 0 Å². The molecule has 1 fully saturated rings. The zero-order valence-electron chi connectivity index (χ0n) is 9.96. The van der Waals surface area contributed by atoms with Gasteiger partial charge in [-0.1, -0.05) is 0 Å². The normalized spacial score (nSPS) is 16.8. The van der Waals surface area contributed by atoms with E-state index >= 15 is 0 Å². The third-order valence-electron chi connectivity index (χ3n) is 2.91. The van der Waals surface area contributed by atoms with Crippen molar-refractivity contribution < 1.29 is 4.79 Å². The average Bonchev–Trinajstić information content (AvgIpc) is 2.54. The second kappa shape index (κ2) is 4.99. The maximum Gasteiger partial charge on any atom is 0.219 e. The van der Waals surface area contributed by atoms with Gasteiger partial charge in [0, 0.05) is 33.1 Å². The smallest absolute Gasteiger partial charge is 0.219 e. The number of carbonyl (C=O) groups excluding carboxylic acids is 1. The number of hydrogen-bond acceptors (Lipinski definition) is 5. The van der Waals surface area contributed by atoms with Crippen LogP contribution in [0.4, 0.5) is 11.6 Å². The Morgan fingerprint density at radius 1 is 1.29 bits per heavy atom. The lowest BCUT2D eigenvalue weighted by Gasteiger charge is -2.21. The Bertz CT molecular complexity index is 409. The fourth-order valence-electron chi connectivity index (χ4n) is 1.98. The van der Waals surface area contributed by atoms with Gasteiger partial charge in [0.25, 0.3) is 0 Å². The van der Waals surface area contributed by atoms with Crippen molar-refractivity contribution in [3.63, 3.8) is 0 Å². The van der Waals surface area contributed by atoms with Crippen LogP contribution in [0.15, 0.2) is 12.4 Å². The molecule has 2 rings (SSSR count). The van der Waals surface area contributed by atoms with Gasteiger partial charge >= 0.3 is 0 Å². The summed E-state index contributed by atoms with van der Waals surface area (Å²) < 4.78 is 0. The summed E-state index contributed by atoms with van der Waals surface area (Å²) in [6.07, 6.45) is 4.18. The predicted molar refractivity (Wildman–Crippen MR) is 65.5 cm³/mol. The molecule has 0 unspecified atom stereocenters. The molecule has 1 aliphatic heterocycles. The number of nitrogens with zero attached hydrogens (tertiary/aromatic N) is 4. The lowest BCUT2D eigenvalue weighted by molar-refractivity contribution is -0.128. The van der Waals surface area contributed by atoms with E-state index in [1.807, 2.05) is 4.90 Å². The molecule has 0 spiro atoms. The monoisotopic (exact) mass is 235 g/mol. The molecule has 1 saturated heterocycles.